The highest BCUT2D eigenvalue weighted by Gasteiger charge is 2.21. The molecular formula is C18H17N5O4S. The van der Waals surface area contributed by atoms with E-state index in [0.29, 0.717) is 11.6 Å². The monoisotopic (exact) mass is 399 g/mol. The quantitative estimate of drug-likeness (QED) is 0.609. The molecule has 3 amide bonds. The van der Waals surface area contributed by atoms with Crippen molar-refractivity contribution in [3.63, 3.8) is 0 Å². The lowest BCUT2D eigenvalue weighted by Crippen LogP contribution is -2.41. The van der Waals surface area contributed by atoms with Crippen LogP contribution in [0.4, 0.5) is 4.79 Å². The summed E-state index contributed by atoms with van der Waals surface area (Å²) in [5, 5.41) is 5.08. The Balaban J connectivity index is 1.69. The number of rotatable bonds is 6. The Morgan fingerprint density at radius 3 is 2.71 bits per heavy atom. The summed E-state index contributed by atoms with van der Waals surface area (Å²) >= 11 is 1.37. The van der Waals surface area contributed by atoms with Gasteiger partial charge in [0.05, 0.1) is 10.2 Å². The summed E-state index contributed by atoms with van der Waals surface area (Å²) in [4.78, 5) is 48.2. The summed E-state index contributed by atoms with van der Waals surface area (Å²) in [6, 6.07) is 6.90. The minimum absolute atomic E-state index is 0.0511. The van der Waals surface area contributed by atoms with Crippen LogP contribution in [-0.4, -0.2) is 46.0 Å². The minimum atomic E-state index is -0.827. The fraction of sp³-hybridized carbons (Fsp3) is 0.222. The number of esters is 1. The van der Waals surface area contributed by atoms with E-state index in [1.807, 2.05) is 31.2 Å². The number of benzene rings is 1. The lowest BCUT2D eigenvalue weighted by Gasteiger charge is -2.07. The van der Waals surface area contributed by atoms with Gasteiger partial charge in [-0.3, -0.25) is 10.1 Å². The molecule has 9 nitrogen and oxygen atoms in total. The number of para-hydroxylation sites is 1. The number of carbonyl (C=O) groups excluding carboxylic acids is 3. The van der Waals surface area contributed by atoms with Gasteiger partial charge in [-0.1, -0.05) is 19.1 Å². The molecule has 0 radical (unpaired) electrons. The third-order valence-corrected chi connectivity index (χ3v) is 4.55. The first-order valence-corrected chi connectivity index (χ1v) is 9.32. The van der Waals surface area contributed by atoms with Gasteiger partial charge in [0.2, 0.25) is 0 Å². The number of hydrogen-bond acceptors (Lipinski definition) is 8. The molecule has 1 aromatic carbocycles. The predicted molar refractivity (Wildman–Crippen MR) is 103 cm³/mol. The van der Waals surface area contributed by atoms with Gasteiger partial charge in [0.15, 0.2) is 12.3 Å². The van der Waals surface area contributed by atoms with E-state index in [1.54, 1.807) is 0 Å². The van der Waals surface area contributed by atoms with E-state index in [2.05, 4.69) is 25.6 Å². The van der Waals surface area contributed by atoms with Gasteiger partial charge in [0.25, 0.3) is 5.91 Å². The van der Waals surface area contributed by atoms with Crippen molar-refractivity contribution in [3.8, 4) is 10.7 Å². The van der Waals surface area contributed by atoms with Crippen LogP contribution in [-0.2, 0) is 9.53 Å². The number of thiazole rings is 1. The average molecular weight is 399 g/mol. The number of nitrogens with zero attached hydrogens (tertiary/aromatic N) is 3. The molecule has 0 saturated carbocycles. The molecule has 0 bridgehead atoms. The van der Waals surface area contributed by atoms with Crippen molar-refractivity contribution < 1.29 is 19.1 Å². The Kier molecular flexibility index (Phi) is 6.22. The number of imide groups is 1. The van der Waals surface area contributed by atoms with Crippen LogP contribution >= 0.6 is 11.3 Å². The molecule has 144 valence electrons. The van der Waals surface area contributed by atoms with Crippen molar-refractivity contribution in [3.05, 3.63) is 42.4 Å². The zero-order valence-corrected chi connectivity index (χ0v) is 15.8. The largest absolute Gasteiger partial charge is 0.451 e. The molecule has 2 aromatic heterocycles. The van der Waals surface area contributed by atoms with Gasteiger partial charge in [-0.15, -0.1) is 11.3 Å². The van der Waals surface area contributed by atoms with E-state index in [4.69, 9.17) is 4.74 Å². The fourth-order valence-electron chi connectivity index (χ4n) is 2.26. The highest BCUT2D eigenvalue weighted by molar-refractivity contribution is 7.21. The first kappa shape index (κ1) is 19.4. The molecule has 3 rings (SSSR count). The first-order valence-electron chi connectivity index (χ1n) is 8.50. The van der Waals surface area contributed by atoms with Crippen molar-refractivity contribution >= 4 is 39.5 Å². The highest BCUT2D eigenvalue weighted by Crippen LogP contribution is 2.30. The number of nitrogens with one attached hydrogen (secondary N) is 2. The molecule has 0 aliphatic heterocycles. The van der Waals surface area contributed by atoms with Gasteiger partial charge in [0.1, 0.15) is 10.7 Å². The van der Waals surface area contributed by atoms with E-state index in [9.17, 15) is 14.4 Å². The van der Waals surface area contributed by atoms with Crippen LogP contribution in [0.2, 0.25) is 0 Å². The molecule has 10 heteroatoms. The van der Waals surface area contributed by atoms with Gasteiger partial charge in [-0.25, -0.2) is 24.5 Å². The molecule has 0 spiro atoms. The maximum Gasteiger partial charge on any atom is 0.359 e. The molecule has 2 N–H and O–H groups in total. The SMILES string of the molecule is CCCNC(=O)NC(=O)COC(=O)c1nccnc1-c1nc2ccccc2s1. The molecule has 0 aliphatic carbocycles. The molecule has 0 saturated heterocycles. The second-order valence-corrected chi connectivity index (χ2v) is 6.65. The van der Waals surface area contributed by atoms with Gasteiger partial charge in [0, 0.05) is 18.9 Å². The Morgan fingerprint density at radius 2 is 1.93 bits per heavy atom. The molecule has 0 aliphatic rings. The van der Waals surface area contributed by atoms with Crippen LogP contribution in [0.5, 0.6) is 0 Å². The standard InChI is InChI=1S/C18H17N5O4S/c1-2-7-21-18(26)23-13(24)10-27-17(25)15-14(19-8-9-20-15)16-22-11-5-3-4-6-12(11)28-16/h3-6,8-9H,2,7,10H2,1H3,(H2,21,23,24,26). The lowest BCUT2D eigenvalue weighted by atomic mass is 10.3. The van der Waals surface area contributed by atoms with Crippen LogP contribution in [0, 0.1) is 0 Å². The van der Waals surface area contributed by atoms with Crippen molar-refractivity contribution in [2.75, 3.05) is 13.2 Å². The van der Waals surface area contributed by atoms with Crippen molar-refractivity contribution in [2.45, 2.75) is 13.3 Å². The topological polar surface area (TPSA) is 123 Å². The molecule has 3 aromatic rings. The lowest BCUT2D eigenvalue weighted by molar-refractivity contribution is -0.123. The summed E-state index contributed by atoms with van der Waals surface area (Å²) in [6.07, 6.45) is 3.53. The van der Waals surface area contributed by atoms with Gasteiger partial charge in [-0.05, 0) is 18.6 Å². The normalized spacial score (nSPS) is 10.5. The maximum absolute atomic E-state index is 12.4. The van der Waals surface area contributed by atoms with Crippen LogP contribution < -0.4 is 10.6 Å². The smallest absolute Gasteiger partial charge is 0.359 e. The molecule has 0 fully saturated rings. The number of amides is 3. The predicted octanol–water partition coefficient (Wildman–Crippen LogP) is 2.15. The Bertz CT molecular complexity index is 987. The van der Waals surface area contributed by atoms with Crippen LogP contribution in [0.25, 0.3) is 20.9 Å². The van der Waals surface area contributed by atoms with E-state index >= 15 is 0 Å². The number of hydrogen-bond donors (Lipinski definition) is 2. The number of ether oxygens (including phenoxy) is 1. The zero-order valence-electron chi connectivity index (χ0n) is 15.0. The van der Waals surface area contributed by atoms with Gasteiger partial charge in [-0.2, -0.15) is 0 Å². The summed E-state index contributed by atoms with van der Waals surface area (Å²) in [6.45, 7) is 1.70. The van der Waals surface area contributed by atoms with Crippen molar-refractivity contribution in [2.24, 2.45) is 0 Å². The third-order valence-electron chi connectivity index (χ3n) is 3.51. The highest BCUT2D eigenvalue weighted by atomic mass is 32.1. The van der Waals surface area contributed by atoms with Crippen LogP contribution in [0.15, 0.2) is 36.7 Å². The summed E-state index contributed by atoms with van der Waals surface area (Å²) in [7, 11) is 0. The van der Waals surface area contributed by atoms with Crippen LogP contribution in [0.3, 0.4) is 0 Å². The minimum Gasteiger partial charge on any atom is -0.451 e. The van der Waals surface area contributed by atoms with E-state index < -0.39 is 24.5 Å². The molecule has 0 unspecified atom stereocenters. The number of carbonyl (C=O) groups is 3. The third kappa shape index (κ3) is 4.65. The molecule has 0 atom stereocenters. The van der Waals surface area contributed by atoms with E-state index in [1.165, 1.54) is 23.7 Å². The molecular weight excluding hydrogens is 382 g/mol. The summed E-state index contributed by atoms with van der Waals surface area (Å²) < 4.78 is 5.92. The zero-order chi connectivity index (χ0) is 19.9. The van der Waals surface area contributed by atoms with Crippen molar-refractivity contribution in [1.82, 2.24) is 25.6 Å². The average Bonchev–Trinajstić information content (AvgIpc) is 3.14. The molecule has 28 heavy (non-hydrogen) atoms. The summed E-state index contributed by atoms with van der Waals surface area (Å²) in [5.74, 6) is -1.57. The van der Waals surface area contributed by atoms with Crippen LogP contribution in [0.1, 0.15) is 23.8 Å². The van der Waals surface area contributed by atoms with E-state index in [0.717, 1.165) is 16.6 Å². The summed E-state index contributed by atoms with van der Waals surface area (Å²) in [5.41, 5.74) is 1.00. The second kappa shape index (κ2) is 9.00. The second-order valence-electron chi connectivity index (χ2n) is 5.62. The maximum atomic E-state index is 12.4. The number of aromatic nitrogens is 3. The van der Waals surface area contributed by atoms with Gasteiger partial charge >= 0.3 is 12.0 Å². The first-order chi connectivity index (χ1) is 13.6. The van der Waals surface area contributed by atoms with Gasteiger partial charge < -0.3 is 10.1 Å². The number of fused-ring (bicyclic) bond motifs is 1. The Labute approximate surface area is 164 Å². The molecule has 2 heterocycles. The van der Waals surface area contributed by atoms with E-state index in [-0.39, 0.29) is 11.4 Å². The Hall–Kier alpha value is -3.40. The van der Waals surface area contributed by atoms with Crippen molar-refractivity contribution in [1.29, 1.82) is 0 Å². The fourth-order valence-corrected chi connectivity index (χ4v) is 3.23. The Morgan fingerprint density at radius 1 is 1.14 bits per heavy atom. The number of urea groups is 1.